The molecule has 0 atom stereocenters. The number of anilines is 1. The maximum Gasteiger partial charge on any atom is 0.223 e. The van der Waals surface area contributed by atoms with Crippen LogP contribution in [0.1, 0.15) is 55.5 Å². The van der Waals surface area contributed by atoms with Gasteiger partial charge >= 0.3 is 0 Å². The monoisotopic (exact) mass is 424 g/mol. The van der Waals surface area contributed by atoms with Gasteiger partial charge in [-0.1, -0.05) is 37.3 Å². The van der Waals surface area contributed by atoms with E-state index < -0.39 is 0 Å². The van der Waals surface area contributed by atoms with Crippen LogP contribution in [0.25, 0.3) is 11.0 Å². The number of hydrogen-bond acceptors (Lipinski definition) is 5. The first-order valence-electron chi connectivity index (χ1n) is 9.90. The number of rotatable bonds is 6. The average molecular weight is 425 g/mol. The molecule has 3 aromatic rings. The molecular formula is C23H27ClN5O. The maximum atomic E-state index is 6.41. The number of unbranched alkanes of at least 4 members (excludes halogenated alkanes) is 1. The molecule has 0 aliphatic heterocycles. The summed E-state index contributed by atoms with van der Waals surface area (Å²) in [4.78, 5) is 13.1. The van der Waals surface area contributed by atoms with E-state index in [-0.39, 0.29) is 5.95 Å². The van der Waals surface area contributed by atoms with Crippen LogP contribution in [0.3, 0.4) is 0 Å². The Balaban J connectivity index is 2.01. The highest BCUT2D eigenvalue weighted by molar-refractivity contribution is 6.34. The summed E-state index contributed by atoms with van der Waals surface area (Å²) in [6, 6.07) is 0. The third-order valence-corrected chi connectivity index (χ3v) is 5.23. The van der Waals surface area contributed by atoms with E-state index in [0.29, 0.717) is 22.7 Å². The van der Waals surface area contributed by atoms with Crippen molar-refractivity contribution in [1.82, 2.24) is 19.5 Å². The van der Waals surface area contributed by atoms with Gasteiger partial charge in [-0.05, 0) is 32.6 Å². The molecule has 6 nitrogen and oxygen atoms in total. The zero-order chi connectivity index (χ0) is 21.8. The summed E-state index contributed by atoms with van der Waals surface area (Å²) in [7, 11) is 1.67. The van der Waals surface area contributed by atoms with Crippen LogP contribution in [0.2, 0.25) is 5.15 Å². The second-order valence-electron chi connectivity index (χ2n) is 7.65. The Labute approximate surface area is 182 Å². The second-order valence-corrected chi connectivity index (χ2v) is 8.01. The minimum absolute atomic E-state index is 0.131. The Hall–Kier alpha value is -2.78. The zero-order valence-corrected chi connectivity index (χ0v) is 18.9. The van der Waals surface area contributed by atoms with Gasteiger partial charge in [-0.2, -0.15) is 4.98 Å². The fraction of sp³-hybridized carbons (Fsp3) is 0.391. The van der Waals surface area contributed by atoms with Crippen molar-refractivity contribution < 1.29 is 4.74 Å². The summed E-state index contributed by atoms with van der Waals surface area (Å²) < 4.78 is 7.51. The van der Waals surface area contributed by atoms with Crippen molar-refractivity contribution in [1.29, 1.82) is 0 Å². The molecule has 157 valence electrons. The van der Waals surface area contributed by atoms with Crippen molar-refractivity contribution in [2.24, 2.45) is 0 Å². The molecule has 0 spiro atoms. The van der Waals surface area contributed by atoms with Crippen LogP contribution in [0.4, 0.5) is 5.95 Å². The number of methoxy groups -OCH3 is 1. The number of halogens is 1. The van der Waals surface area contributed by atoms with Gasteiger partial charge in [-0.3, -0.25) is 4.98 Å². The molecule has 0 saturated heterocycles. The molecule has 3 heterocycles. The third-order valence-electron chi connectivity index (χ3n) is 4.96. The van der Waals surface area contributed by atoms with E-state index in [9.17, 15) is 0 Å². The van der Waals surface area contributed by atoms with Gasteiger partial charge in [-0.25, -0.2) is 4.98 Å². The number of aryl methyl sites for hydroxylation is 1. The molecule has 3 rings (SSSR count). The van der Waals surface area contributed by atoms with E-state index in [1.807, 2.05) is 30.8 Å². The first kappa shape index (κ1) is 21.9. The molecule has 0 aliphatic rings. The molecule has 3 aromatic heterocycles. The Morgan fingerprint density at radius 2 is 2.03 bits per heavy atom. The summed E-state index contributed by atoms with van der Waals surface area (Å²) in [6.45, 7) is 8.76. The van der Waals surface area contributed by atoms with Gasteiger partial charge < -0.3 is 15.0 Å². The molecule has 0 aromatic carbocycles. The molecule has 30 heavy (non-hydrogen) atoms. The number of fused-ring (bicyclic) bond motifs is 1. The summed E-state index contributed by atoms with van der Waals surface area (Å²) in [5, 5.41) is 1.03. The Morgan fingerprint density at radius 1 is 1.27 bits per heavy atom. The van der Waals surface area contributed by atoms with Crippen molar-refractivity contribution in [2.45, 2.75) is 53.5 Å². The quantitative estimate of drug-likeness (QED) is 0.347. The smallest absolute Gasteiger partial charge is 0.223 e. The van der Waals surface area contributed by atoms with Gasteiger partial charge in [0.2, 0.25) is 5.95 Å². The van der Waals surface area contributed by atoms with Crippen molar-refractivity contribution in [3.8, 4) is 17.6 Å². The number of hydrogen-bond donors (Lipinski definition) is 1. The standard InChI is InChI=1S/C23H27ClN5O/c1-14(2)9-7-6-8-10-17-12-29(22-19(17)21(24)27-23(25)28-22)13-18-16(4)20(30-5)15(3)11-26-18/h11-12H,6-7,9,13H2,1-5H3,(H2,25,27,28). The summed E-state index contributed by atoms with van der Waals surface area (Å²) in [6.07, 6.45) is 6.70. The Bertz CT molecular complexity index is 1120. The Kier molecular flexibility index (Phi) is 6.84. The first-order chi connectivity index (χ1) is 14.3. The predicted octanol–water partition coefficient (Wildman–Crippen LogP) is 4.87. The van der Waals surface area contributed by atoms with E-state index in [1.54, 1.807) is 7.11 Å². The number of aromatic nitrogens is 4. The molecule has 2 N–H and O–H groups in total. The minimum atomic E-state index is 0.131. The molecule has 0 aliphatic carbocycles. The number of nitrogens with two attached hydrogens (primary N) is 1. The fourth-order valence-electron chi connectivity index (χ4n) is 3.45. The molecule has 0 fully saturated rings. The van der Waals surface area contributed by atoms with Gasteiger partial charge in [0, 0.05) is 29.9 Å². The Morgan fingerprint density at radius 3 is 2.73 bits per heavy atom. The predicted molar refractivity (Wildman–Crippen MR) is 122 cm³/mol. The van der Waals surface area contributed by atoms with E-state index in [4.69, 9.17) is 22.1 Å². The molecule has 0 amide bonds. The highest BCUT2D eigenvalue weighted by Crippen LogP contribution is 2.29. The van der Waals surface area contributed by atoms with Gasteiger partial charge in [0.05, 0.1) is 30.3 Å². The van der Waals surface area contributed by atoms with E-state index >= 15 is 0 Å². The van der Waals surface area contributed by atoms with E-state index in [1.165, 1.54) is 5.92 Å². The lowest BCUT2D eigenvalue weighted by Crippen LogP contribution is -2.07. The normalized spacial score (nSPS) is 11.0. The van der Waals surface area contributed by atoms with E-state index in [2.05, 4.69) is 40.6 Å². The van der Waals surface area contributed by atoms with Crippen molar-refractivity contribution >= 4 is 28.6 Å². The largest absolute Gasteiger partial charge is 0.496 e. The van der Waals surface area contributed by atoms with Crippen molar-refractivity contribution in [3.05, 3.63) is 45.8 Å². The molecular weight excluding hydrogens is 398 g/mol. The molecule has 7 heteroatoms. The number of nitrogen functional groups attached to an aromatic ring is 1. The highest BCUT2D eigenvalue weighted by atomic mass is 35.5. The van der Waals surface area contributed by atoms with Crippen LogP contribution < -0.4 is 10.5 Å². The molecule has 0 saturated carbocycles. The third kappa shape index (κ3) is 4.68. The summed E-state index contributed by atoms with van der Waals surface area (Å²) in [5.74, 6) is 8.88. The van der Waals surface area contributed by atoms with Crippen LogP contribution in [0.15, 0.2) is 12.4 Å². The van der Waals surface area contributed by atoms with Crippen LogP contribution >= 0.6 is 11.6 Å². The number of pyridine rings is 1. The van der Waals surface area contributed by atoms with Crippen LogP contribution in [0.5, 0.6) is 5.75 Å². The van der Waals surface area contributed by atoms with Crippen LogP contribution in [-0.4, -0.2) is 26.6 Å². The maximum absolute atomic E-state index is 6.41. The van der Waals surface area contributed by atoms with E-state index in [0.717, 1.165) is 47.4 Å². The van der Waals surface area contributed by atoms with Gasteiger partial charge in [0.15, 0.2) is 0 Å². The molecule has 1 radical (unpaired) electrons. The molecule has 0 unspecified atom stereocenters. The second kappa shape index (κ2) is 9.36. The highest BCUT2D eigenvalue weighted by Gasteiger charge is 2.17. The topological polar surface area (TPSA) is 78.8 Å². The SMILES string of the molecule is COc1c(C)cnc(Cn2cc(C#CCCC[C](C)C)c3c(Cl)nc(N)nc32)c1C. The molecule has 0 bridgehead atoms. The zero-order valence-electron chi connectivity index (χ0n) is 18.1. The van der Waals surface area contributed by atoms with Gasteiger partial charge in [-0.15, -0.1) is 0 Å². The lowest BCUT2D eigenvalue weighted by atomic mass is 10.1. The van der Waals surface area contributed by atoms with Crippen LogP contribution in [0, 0.1) is 31.6 Å². The minimum Gasteiger partial charge on any atom is -0.496 e. The summed E-state index contributed by atoms with van der Waals surface area (Å²) in [5.41, 5.74) is 10.2. The lowest BCUT2D eigenvalue weighted by molar-refractivity contribution is 0.406. The van der Waals surface area contributed by atoms with Crippen LogP contribution in [-0.2, 0) is 6.54 Å². The number of nitrogens with zero attached hydrogens (tertiary/aromatic N) is 4. The van der Waals surface area contributed by atoms with Gasteiger partial charge in [0.1, 0.15) is 16.5 Å². The van der Waals surface area contributed by atoms with Gasteiger partial charge in [0.25, 0.3) is 0 Å². The summed E-state index contributed by atoms with van der Waals surface area (Å²) >= 11 is 6.41. The lowest BCUT2D eigenvalue weighted by Gasteiger charge is -2.13. The first-order valence-corrected chi connectivity index (χ1v) is 10.3. The van der Waals surface area contributed by atoms with Crippen molar-refractivity contribution in [2.75, 3.05) is 12.8 Å². The average Bonchev–Trinajstić information content (AvgIpc) is 3.01. The number of ether oxygens (including phenoxy) is 1. The van der Waals surface area contributed by atoms with Crippen molar-refractivity contribution in [3.63, 3.8) is 0 Å². The fourth-order valence-corrected chi connectivity index (χ4v) is 3.73.